The van der Waals surface area contributed by atoms with Crippen LogP contribution >= 0.6 is 11.6 Å². The van der Waals surface area contributed by atoms with Crippen LogP contribution in [0.15, 0.2) is 18.2 Å². The lowest BCUT2D eigenvalue weighted by Crippen LogP contribution is -2.31. The van der Waals surface area contributed by atoms with Crippen molar-refractivity contribution in [1.82, 2.24) is 0 Å². The molecular formula is C15H18ClNO4. The van der Waals surface area contributed by atoms with Crippen molar-refractivity contribution in [3.63, 3.8) is 0 Å². The van der Waals surface area contributed by atoms with E-state index < -0.39 is 0 Å². The van der Waals surface area contributed by atoms with Gasteiger partial charge in [-0.1, -0.05) is 11.6 Å². The smallest absolute Gasteiger partial charge is 0.121 e. The van der Waals surface area contributed by atoms with E-state index in [-0.39, 0.29) is 6.10 Å². The minimum atomic E-state index is 0.249. The molecule has 114 valence electrons. The Hall–Kier alpha value is -1.01. The molecule has 3 fully saturated rings. The Bertz CT molecular complexity index is 500. The third kappa shape index (κ3) is 3.80. The first-order valence-corrected chi connectivity index (χ1v) is 7.68. The highest BCUT2D eigenvalue weighted by Gasteiger charge is 2.31. The van der Waals surface area contributed by atoms with Gasteiger partial charge in [-0.25, -0.2) is 0 Å². The SMILES string of the molecule is Clc1cc(OCC2CO2)ccc1N(CC1CO1)CC1CO1. The van der Waals surface area contributed by atoms with Crippen LogP contribution in [-0.2, 0) is 14.2 Å². The monoisotopic (exact) mass is 311 g/mol. The largest absolute Gasteiger partial charge is 0.491 e. The minimum Gasteiger partial charge on any atom is -0.491 e. The number of rotatable bonds is 8. The molecule has 1 aromatic rings. The first-order chi connectivity index (χ1) is 10.3. The predicted octanol–water partition coefficient (Wildman–Crippen LogP) is 1.72. The van der Waals surface area contributed by atoms with E-state index in [0.29, 0.717) is 23.8 Å². The van der Waals surface area contributed by atoms with Gasteiger partial charge < -0.3 is 23.8 Å². The topological polar surface area (TPSA) is 50.1 Å². The van der Waals surface area contributed by atoms with Crippen LogP contribution in [0.25, 0.3) is 0 Å². The van der Waals surface area contributed by atoms with Gasteiger partial charge in [0.1, 0.15) is 18.5 Å². The van der Waals surface area contributed by atoms with E-state index in [1.807, 2.05) is 18.2 Å². The van der Waals surface area contributed by atoms with Crippen molar-refractivity contribution in [3.05, 3.63) is 23.2 Å². The summed E-state index contributed by atoms with van der Waals surface area (Å²) < 4.78 is 21.5. The third-order valence-corrected chi connectivity index (χ3v) is 4.05. The van der Waals surface area contributed by atoms with E-state index in [9.17, 15) is 0 Å². The molecule has 0 aliphatic carbocycles. The highest BCUT2D eigenvalue weighted by Crippen LogP contribution is 2.32. The fraction of sp³-hybridized carbons (Fsp3) is 0.600. The van der Waals surface area contributed by atoms with Gasteiger partial charge in [-0.2, -0.15) is 0 Å². The lowest BCUT2D eigenvalue weighted by atomic mass is 10.2. The normalized spacial score (nSPS) is 29.1. The highest BCUT2D eigenvalue weighted by molar-refractivity contribution is 6.33. The molecule has 0 amide bonds. The summed E-state index contributed by atoms with van der Waals surface area (Å²) in [7, 11) is 0. The Morgan fingerprint density at radius 1 is 1.05 bits per heavy atom. The summed E-state index contributed by atoms with van der Waals surface area (Å²) in [6, 6.07) is 5.84. The zero-order valence-corrected chi connectivity index (χ0v) is 12.4. The van der Waals surface area contributed by atoms with Crippen molar-refractivity contribution in [1.29, 1.82) is 0 Å². The number of ether oxygens (including phenoxy) is 4. The second-order valence-electron chi connectivity index (χ2n) is 5.70. The Labute approximate surface area is 128 Å². The molecule has 3 aliphatic heterocycles. The molecule has 0 bridgehead atoms. The second kappa shape index (κ2) is 5.65. The van der Waals surface area contributed by atoms with Gasteiger partial charge in [0, 0.05) is 19.2 Å². The Morgan fingerprint density at radius 3 is 2.19 bits per heavy atom. The van der Waals surface area contributed by atoms with Gasteiger partial charge in [0.05, 0.1) is 42.7 Å². The lowest BCUT2D eigenvalue weighted by molar-refractivity contribution is 0.263. The van der Waals surface area contributed by atoms with Crippen LogP contribution in [-0.4, -0.2) is 57.8 Å². The Balaban J connectivity index is 1.44. The molecule has 3 aliphatic rings. The summed E-state index contributed by atoms with van der Waals surface area (Å²) in [6.07, 6.45) is 0.893. The number of nitrogens with zero attached hydrogens (tertiary/aromatic N) is 1. The molecule has 3 unspecified atom stereocenters. The maximum Gasteiger partial charge on any atom is 0.121 e. The summed E-state index contributed by atoms with van der Waals surface area (Å²) in [5, 5.41) is 0.700. The minimum absolute atomic E-state index is 0.249. The van der Waals surface area contributed by atoms with Crippen LogP contribution < -0.4 is 9.64 Å². The molecule has 0 radical (unpaired) electrons. The van der Waals surface area contributed by atoms with Crippen LogP contribution in [0.5, 0.6) is 5.75 Å². The number of hydrogen-bond acceptors (Lipinski definition) is 5. The Kier molecular flexibility index (Phi) is 3.67. The molecule has 3 saturated heterocycles. The van der Waals surface area contributed by atoms with E-state index >= 15 is 0 Å². The van der Waals surface area contributed by atoms with Gasteiger partial charge in [-0.15, -0.1) is 0 Å². The molecule has 0 saturated carbocycles. The van der Waals surface area contributed by atoms with Gasteiger partial charge in [-0.3, -0.25) is 0 Å². The van der Waals surface area contributed by atoms with Crippen LogP contribution in [0.4, 0.5) is 5.69 Å². The quantitative estimate of drug-likeness (QED) is 0.684. The van der Waals surface area contributed by atoms with Gasteiger partial charge in [0.25, 0.3) is 0 Å². The summed E-state index contributed by atoms with van der Waals surface area (Å²) in [4.78, 5) is 2.24. The van der Waals surface area contributed by atoms with Crippen LogP contribution in [0.2, 0.25) is 5.02 Å². The first-order valence-electron chi connectivity index (χ1n) is 7.30. The van der Waals surface area contributed by atoms with E-state index in [1.165, 1.54) is 0 Å². The average Bonchev–Trinajstić information content (AvgIpc) is 3.33. The summed E-state index contributed by atoms with van der Waals surface area (Å²) >= 11 is 6.43. The molecule has 3 atom stereocenters. The molecule has 5 nitrogen and oxygen atoms in total. The second-order valence-corrected chi connectivity index (χ2v) is 6.10. The molecule has 0 spiro atoms. The molecule has 3 heterocycles. The summed E-state index contributed by atoms with van der Waals surface area (Å²) in [5.41, 5.74) is 1.01. The lowest BCUT2D eigenvalue weighted by Gasteiger charge is -2.24. The molecule has 21 heavy (non-hydrogen) atoms. The zero-order valence-electron chi connectivity index (χ0n) is 11.7. The van der Waals surface area contributed by atoms with E-state index in [2.05, 4.69) is 4.90 Å². The third-order valence-electron chi connectivity index (χ3n) is 3.75. The van der Waals surface area contributed by atoms with Gasteiger partial charge in [-0.05, 0) is 12.1 Å². The van der Waals surface area contributed by atoms with E-state index in [1.54, 1.807) is 0 Å². The summed E-state index contributed by atoms with van der Waals surface area (Å²) in [5.74, 6) is 0.782. The molecule has 6 heteroatoms. The van der Waals surface area contributed by atoms with Gasteiger partial charge in [0.2, 0.25) is 0 Å². The van der Waals surface area contributed by atoms with Crippen molar-refractivity contribution in [2.24, 2.45) is 0 Å². The zero-order chi connectivity index (χ0) is 14.2. The molecule has 0 aromatic heterocycles. The maximum absolute atomic E-state index is 6.43. The fourth-order valence-corrected chi connectivity index (χ4v) is 2.59. The van der Waals surface area contributed by atoms with Crippen molar-refractivity contribution in [3.8, 4) is 5.75 Å². The number of halogens is 1. The van der Waals surface area contributed by atoms with Gasteiger partial charge in [0.15, 0.2) is 0 Å². The average molecular weight is 312 g/mol. The van der Waals surface area contributed by atoms with E-state index in [0.717, 1.165) is 44.3 Å². The highest BCUT2D eigenvalue weighted by atomic mass is 35.5. The van der Waals surface area contributed by atoms with Crippen LogP contribution in [0, 0.1) is 0 Å². The molecular weight excluding hydrogens is 294 g/mol. The fourth-order valence-electron chi connectivity index (χ4n) is 2.30. The number of benzene rings is 1. The van der Waals surface area contributed by atoms with Crippen molar-refractivity contribution >= 4 is 17.3 Å². The standard InChI is InChI=1S/C15H18ClNO4/c16-14-3-10(18-8-13-9-21-13)1-2-15(14)17(4-11-6-19-11)5-12-7-20-12/h1-3,11-13H,4-9H2. The predicted molar refractivity (Wildman–Crippen MR) is 78.4 cm³/mol. The number of hydrogen-bond donors (Lipinski definition) is 0. The molecule has 4 rings (SSSR count). The maximum atomic E-state index is 6.43. The van der Waals surface area contributed by atoms with E-state index in [4.69, 9.17) is 30.5 Å². The van der Waals surface area contributed by atoms with Crippen LogP contribution in [0.1, 0.15) is 0 Å². The summed E-state index contributed by atoms with van der Waals surface area (Å²) in [6.45, 7) is 4.77. The number of epoxide rings is 3. The Morgan fingerprint density at radius 2 is 1.67 bits per heavy atom. The number of anilines is 1. The molecule has 1 aromatic carbocycles. The van der Waals surface area contributed by atoms with Crippen molar-refractivity contribution in [2.45, 2.75) is 18.3 Å². The molecule has 0 N–H and O–H groups in total. The van der Waals surface area contributed by atoms with Crippen LogP contribution in [0.3, 0.4) is 0 Å². The van der Waals surface area contributed by atoms with Gasteiger partial charge >= 0.3 is 0 Å². The first kappa shape index (κ1) is 13.6. The van der Waals surface area contributed by atoms with Crippen molar-refractivity contribution < 1.29 is 18.9 Å². The van der Waals surface area contributed by atoms with Crippen molar-refractivity contribution in [2.75, 3.05) is 44.4 Å².